The number of Topliss-reactive ketones (excluding diaryl/α,β-unsaturated/α-hetero) is 1. The minimum Gasteiger partial charge on any atom is -0.378 e. The van der Waals surface area contributed by atoms with Crippen molar-refractivity contribution in [1.82, 2.24) is 0 Å². The summed E-state index contributed by atoms with van der Waals surface area (Å²) in [4.78, 5) is 11.0. The summed E-state index contributed by atoms with van der Waals surface area (Å²) < 4.78 is 26.9. The normalized spacial score (nSPS) is 12.5. The van der Waals surface area contributed by atoms with Gasteiger partial charge in [-0.15, -0.1) is 4.40 Å². The van der Waals surface area contributed by atoms with Gasteiger partial charge in [0.25, 0.3) is 10.0 Å². The van der Waals surface area contributed by atoms with Gasteiger partial charge in [-0.2, -0.15) is 8.42 Å². The Morgan fingerprint density at radius 1 is 1.29 bits per heavy atom. The summed E-state index contributed by atoms with van der Waals surface area (Å²) >= 11 is 1.05. The maximum absolute atomic E-state index is 11.7. The van der Waals surface area contributed by atoms with E-state index in [1.807, 2.05) is 0 Å². The topological polar surface area (TPSA) is 89.6 Å². The number of thioether (sulfide) groups is 1. The Labute approximate surface area is 104 Å². The molecule has 0 heterocycles. The van der Waals surface area contributed by atoms with Gasteiger partial charge in [0.15, 0.2) is 11.0 Å². The Kier molecular flexibility index (Phi) is 4.30. The zero-order valence-electron chi connectivity index (χ0n) is 9.38. The summed E-state index contributed by atoms with van der Waals surface area (Å²) in [6.45, 7) is 1.41. The predicted molar refractivity (Wildman–Crippen MR) is 68.8 cm³/mol. The van der Waals surface area contributed by atoms with Gasteiger partial charge in [0.1, 0.15) is 0 Å². The third-order valence-corrected chi connectivity index (χ3v) is 3.91. The molecule has 0 radical (unpaired) electrons. The molecule has 0 aliphatic rings. The lowest BCUT2D eigenvalue weighted by atomic mass is 10.2. The monoisotopic (exact) mass is 272 g/mol. The lowest BCUT2D eigenvalue weighted by Gasteiger charge is -2.01. The number of amidine groups is 1. The van der Waals surface area contributed by atoms with Crippen molar-refractivity contribution in [3.63, 3.8) is 0 Å². The number of carbonyl (C=O) groups is 1. The smallest absolute Gasteiger partial charge is 0.284 e. The Morgan fingerprint density at radius 2 is 1.82 bits per heavy atom. The lowest BCUT2D eigenvalue weighted by Crippen LogP contribution is -2.10. The maximum atomic E-state index is 11.7. The van der Waals surface area contributed by atoms with Crippen molar-refractivity contribution >= 4 is 32.7 Å². The van der Waals surface area contributed by atoms with Crippen LogP contribution in [0, 0.1) is 0 Å². The highest BCUT2D eigenvalue weighted by atomic mass is 32.2. The highest BCUT2D eigenvalue weighted by molar-refractivity contribution is 8.13. The van der Waals surface area contributed by atoms with Crippen molar-refractivity contribution in [3.8, 4) is 0 Å². The average molecular weight is 272 g/mol. The molecular formula is C10H12N2O3S2. The van der Waals surface area contributed by atoms with Crippen LogP contribution < -0.4 is 5.73 Å². The molecule has 0 bridgehead atoms. The number of sulfonamides is 1. The molecule has 7 heteroatoms. The van der Waals surface area contributed by atoms with E-state index in [0.29, 0.717) is 5.56 Å². The first-order valence-electron chi connectivity index (χ1n) is 4.62. The Bertz CT molecular complexity index is 547. The Balaban J connectivity index is 3.13. The molecule has 1 aromatic carbocycles. The van der Waals surface area contributed by atoms with Crippen LogP contribution in [0.25, 0.3) is 0 Å². The largest absolute Gasteiger partial charge is 0.378 e. The summed E-state index contributed by atoms with van der Waals surface area (Å²) in [5, 5.41) is -0.0272. The standard InChI is InChI=1S/C10H12N2O3S2/c1-7(13)8-3-5-9(6-4-8)17(14,15)12-10(11)16-2/h3-6H,1-2H3,(H2,11,12). The molecule has 1 aromatic rings. The van der Waals surface area contributed by atoms with E-state index in [1.54, 1.807) is 6.26 Å². The molecule has 0 aliphatic heterocycles. The van der Waals surface area contributed by atoms with Crippen LogP contribution in [-0.2, 0) is 10.0 Å². The van der Waals surface area contributed by atoms with Crippen molar-refractivity contribution in [2.24, 2.45) is 10.1 Å². The second-order valence-electron chi connectivity index (χ2n) is 3.19. The fourth-order valence-electron chi connectivity index (χ4n) is 1.07. The molecule has 0 aromatic heterocycles. The number of nitrogens with zero attached hydrogens (tertiary/aromatic N) is 1. The highest BCUT2D eigenvalue weighted by Crippen LogP contribution is 2.14. The van der Waals surface area contributed by atoms with Gasteiger partial charge in [-0.3, -0.25) is 4.79 Å². The summed E-state index contributed by atoms with van der Waals surface area (Å²) in [5.74, 6) is -0.124. The van der Waals surface area contributed by atoms with Gasteiger partial charge in [0.05, 0.1) is 4.90 Å². The maximum Gasteiger partial charge on any atom is 0.284 e. The van der Waals surface area contributed by atoms with Crippen LogP contribution in [0.1, 0.15) is 17.3 Å². The second kappa shape index (κ2) is 5.33. The molecule has 2 N–H and O–H groups in total. The van der Waals surface area contributed by atoms with Gasteiger partial charge in [-0.25, -0.2) is 0 Å². The molecular weight excluding hydrogens is 260 g/mol. The first kappa shape index (κ1) is 13.7. The van der Waals surface area contributed by atoms with Crippen LogP contribution in [0.15, 0.2) is 33.6 Å². The number of rotatable bonds is 3. The SMILES string of the molecule is CSC(N)=NS(=O)(=O)c1ccc(C(C)=O)cc1. The van der Waals surface area contributed by atoms with Gasteiger partial charge in [-0.1, -0.05) is 23.9 Å². The van der Waals surface area contributed by atoms with Crippen LogP contribution in [0.2, 0.25) is 0 Å². The van der Waals surface area contributed by atoms with Crippen LogP contribution in [0.3, 0.4) is 0 Å². The first-order valence-corrected chi connectivity index (χ1v) is 7.28. The number of ketones is 1. The molecule has 0 atom stereocenters. The zero-order chi connectivity index (χ0) is 13.1. The van der Waals surface area contributed by atoms with E-state index < -0.39 is 10.0 Å². The minimum atomic E-state index is -3.78. The van der Waals surface area contributed by atoms with Gasteiger partial charge >= 0.3 is 0 Å². The van der Waals surface area contributed by atoms with Crippen LogP contribution in [-0.4, -0.2) is 25.6 Å². The predicted octanol–water partition coefficient (Wildman–Crippen LogP) is 1.26. The number of hydrogen-bond donors (Lipinski definition) is 1. The minimum absolute atomic E-state index is 0.0134. The Morgan fingerprint density at radius 3 is 2.24 bits per heavy atom. The summed E-state index contributed by atoms with van der Waals surface area (Å²) in [5.41, 5.74) is 5.80. The van der Waals surface area contributed by atoms with Gasteiger partial charge < -0.3 is 5.73 Å². The van der Waals surface area contributed by atoms with E-state index in [1.165, 1.54) is 31.2 Å². The van der Waals surface area contributed by atoms with Crippen molar-refractivity contribution in [3.05, 3.63) is 29.8 Å². The first-order chi connectivity index (χ1) is 7.86. The van der Waals surface area contributed by atoms with E-state index in [4.69, 9.17) is 5.73 Å². The third-order valence-electron chi connectivity index (χ3n) is 1.98. The van der Waals surface area contributed by atoms with E-state index in [2.05, 4.69) is 4.40 Å². The molecule has 0 amide bonds. The molecule has 0 fully saturated rings. The Hall–Kier alpha value is -1.34. The molecule has 1 rings (SSSR count). The molecule has 0 unspecified atom stereocenters. The van der Waals surface area contributed by atoms with Crippen LogP contribution in [0.5, 0.6) is 0 Å². The molecule has 0 saturated heterocycles. The van der Waals surface area contributed by atoms with Gasteiger partial charge in [0.2, 0.25) is 0 Å². The van der Waals surface area contributed by atoms with Crippen molar-refractivity contribution in [1.29, 1.82) is 0 Å². The number of nitrogens with two attached hydrogens (primary N) is 1. The second-order valence-corrected chi connectivity index (χ2v) is 5.62. The summed E-state index contributed by atoms with van der Waals surface area (Å²) in [7, 11) is -3.78. The number of benzene rings is 1. The summed E-state index contributed by atoms with van der Waals surface area (Å²) in [6.07, 6.45) is 1.63. The van der Waals surface area contributed by atoms with Gasteiger partial charge in [-0.05, 0) is 25.3 Å². The van der Waals surface area contributed by atoms with E-state index in [9.17, 15) is 13.2 Å². The van der Waals surface area contributed by atoms with E-state index in [-0.39, 0.29) is 15.8 Å². The molecule has 0 aliphatic carbocycles. The van der Waals surface area contributed by atoms with Crippen LogP contribution >= 0.6 is 11.8 Å². The van der Waals surface area contributed by atoms with E-state index in [0.717, 1.165) is 11.8 Å². The summed E-state index contributed by atoms with van der Waals surface area (Å²) in [6, 6.07) is 5.56. The van der Waals surface area contributed by atoms with E-state index >= 15 is 0 Å². The third kappa shape index (κ3) is 3.57. The molecule has 0 saturated carbocycles. The number of carbonyl (C=O) groups excluding carboxylic acids is 1. The number of hydrogen-bond acceptors (Lipinski definition) is 4. The van der Waals surface area contributed by atoms with Crippen LogP contribution in [0.4, 0.5) is 0 Å². The van der Waals surface area contributed by atoms with Crippen molar-refractivity contribution in [2.45, 2.75) is 11.8 Å². The molecule has 0 spiro atoms. The zero-order valence-corrected chi connectivity index (χ0v) is 11.0. The molecule has 17 heavy (non-hydrogen) atoms. The average Bonchev–Trinajstić information content (AvgIpc) is 2.28. The molecule has 92 valence electrons. The van der Waals surface area contributed by atoms with Gasteiger partial charge in [0, 0.05) is 5.56 Å². The van der Waals surface area contributed by atoms with Crippen molar-refractivity contribution < 1.29 is 13.2 Å². The fraction of sp³-hybridized carbons (Fsp3) is 0.200. The molecule has 5 nitrogen and oxygen atoms in total. The lowest BCUT2D eigenvalue weighted by molar-refractivity contribution is 0.101. The quantitative estimate of drug-likeness (QED) is 0.508. The highest BCUT2D eigenvalue weighted by Gasteiger charge is 2.13. The van der Waals surface area contributed by atoms with Crippen molar-refractivity contribution in [2.75, 3.05) is 6.26 Å². The fourth-order valence-corrected chi connectivity index (χ4v) is 2.48.